The fraction of sp³-hybridized carbons (Fsp3) is 0.212. The number of aliphatic hydroxyl groups excluding tert-OH is 1. The monoisotopic (exact) mass is 521 g/mol. The number of carbonyl (C=O) groups is 1. The van der Waals surface area contributed by atoms with Crippen molar-refractivity contribution in [2.45, 2.75) is 30.3 Å². The third-order valence-electron chi connectivity index (χ3n) is 7.23. The first-order valence-corrected chi connectivity index (χ1v) is 12.9. The highest BCUT2D eigenvalue weighted by Gasteiger charge is 2.57. The summed E-state index contributed by atoms with van der Waals surface area (Å²) >= 11 is 0. The van der Waals surface area contributed by atoms with Crippen LogP contribution in [-0.4, -0.2) is 48.4 Å². The standard InChI is InChI=1S/C33H31NO5/c1-24-32(31(36)37-2,34-30(39-24)25-15-7-3-8-16-25)29(35)23-38-33(26-17-9-4-10-18-26,27-19-11-5-12-20-27)28-21-13-6-14-22-28/h3-22,24,29,35H,23H2,1-2H3/t24-,29-,32+/m0/s1. The number of hydrogen-bond acceptors (Lipinski definition) is 6. The van der Waals surface area contributed by atoms with Crippen molar-refractivity contribution in [3.63, 3.8) is 0 Å². The molecular weight excluding hydrogens is 490 g/mol. The fourth-order valence-electron chi connectivity index (χ4n) is 5.21. The van der Waals surface area contributed by atoms with Crippen LogP contribution in [0.4, 0.5) is 0 Å². The van der Waals surface area contributed by atoms with Gasteiger partial charge in [-0.25, -0.2) is 9.79 Å². The van der Waals surface area contributed by atoms with Crippen LogP contribution in [0.1, 0.15) is 29.2 Å². The predicted molar refractivity (Wildman–Crippen MR) is 149 cm³/mol. The van der Waals surface area contributed by atoms with Gasteiger partial charge in [0.15, 0.2) is 0 Å². The van der Waals surface area contributed by atoms with E-state index >= 15 is 0 Å². The molecule has 1 N–H and O–H groups in total. The second kappa shape index (κ2) is 11.2. The van der Waals surface area contributed by atoms with E-state index in [0.29, 0.717) is 5.56 Å². The van der Waals surface area contributed by atoms with Crippen molar-refractivity contribution in [3.8, 4) is 0 Å². The Morgan fingerprint density at radius 3 is 1.72 bits per heavy atom. The molecule has 1 aliphatic heterocycles. The molecule has 0 spiro atoms. The average Bonchev–Trinajstić information content (AvgIpc) is 3.37. The van der Waals surface area contributed by atoms with Gasteiger partial charge in [-0.1, -0.05) is 109 Å². The molecule has 6 heteroatoms. The molecule has 6 nitrogen and oxygen atoms in total. The van der Waals surface area contributed by atoms with Gasteiger partial charge in [-0.3, -0.25) is 0 Å². The first-order chi connectivity index (χ1) is 19.0. The first kappa shape index (κ1) is 26.4. The Morgan fingerprint density at radius 2 is 1.28 bits per heavy atom. The van der Waals surface area contributed by atoms with Gasteiger partial charge in [0.25, 0.3) is 0 Å². The molecule has 0 aliphatic carbocycles. The molecule has 0 saturated carbocycles. The second-order valence-corrected chi connectivity index (χ2v) is 9.47. The Kier molecular flexibility index (Phi) is 7.59. The first-order valence-electron chi connectivity index (χ1n) is 12.9. The largest absolute Gasteiger partial charge is 0.471 e. The van der Waals surface area contributed by atoms with Gasteiger partial charge in [0.1, 0.15) is 17.8 Å². The predicted octanol–water partition coefficient (Wildman–Crippen LogP) is 5.13. The Labute approximate surface area is 228 Å². The Morgan fingerprint density at radius 1 is 0.846 bits per heavy atom. The van der Waals surface area contributed by atoms with Crippen molar-refractivity contribution >= 4 is 11.9 Å². The molecule has 198 valence electrons. The molecule has 1 aliphatic rings. The number of nitrogens with zero attached hydrogens (tertiary/aromatic N) is 1. The smallest absolute Gasteiger partial charge is 0.340 e. The number of carbonyl (C=O) groups excluding carboxylic acids is 1. The van der Waals surface area contributed by atoms with Gasteiger partial charge in [0.2, 0.25) is 11.4 Å². The molecule has 0 amide bonds. The fourth-order valence-corrected chi connectivity index (χ4v) is 5.21. The number of aliphatic imine (C=N–C) groups is 1. The Hall–Kier alpha value is -4.26. The summed E-state index contributed by atoms with van der Waals surface area (Å²) < 4.78 is 18.0. The van der Waals surface area contributed by atoms with E-state index in [9.17, 15) is 9.90 Å². The molecule has 5 rings (SSSR count). The van der Waals surface area contributed by atoms with Gasteiger partial charge >= 0.3 is 5.97 Å². The average molecular weight is 522 g/mol. The van der Waals surface area contributed by atoms with Crippen LogP contribution >= 0.6 is 0 Å². The zero-order valence-electron chi connectivity index (χ0n) is 21.9. The highest BCUT2D eigenvalue weighted by molar-refractivity contribution is 5.99. The van der Waals surface area contributed by atoms with Gasteiger partial charge in [-0.15, -0.1) is 0 Å². The van der Waals surface area contributed by atoms with Crippen LogP contribution in [0.15, 0.2) is 126 Å². The maximum Gasteiger partial charge on any atom is 0.340 e. The molecule has 1 heterocycles. The Bertz CT molecular complexity index is 1310. The molecule has 0 unspecified atom stereocenters. The van der Waals surface area contributed by atoms with Gasteiger partial charge in [-0.2, -0.15) is 0 Å². The molecule has 0 saturated heterocycles. The molecular formula is C33H31NO5. The summed E-state index contributed by atoms with van der Waals surface area (Å²) in [5, 5.41) is 11.7. The van der Waals surface area contributed by atoms with E-state index in [2.05, 4.69) is 4.99 Å². The van der Waals surface area contributed by atoms with Gasteiger partial charge in [0, 0.05) is 5.56 Å². The van der Waals surface area contributed by atoms with Gasteiger partial charge < -0.3 is 19.3 Å². The third-order valence-corrected chi connectivity index (χ3v) is 7.23. The van der Waals surface area contributed by atoms with Crippen LogP contribution in [0, 0.1) is 0 Å². The minimum absolute atomic E-state index is 0.229. The van der Waals surface area contributed by atoms with Crippen molar-refractivity contribution in [2.75, 3.05) is 13.7 Å². The molecule has 0 radical (unpaired) electrons. The van der Waals surface area contributed by atoms with Crippen molar-refractivity contribution in [1.82, 2.24) is 0 Å². The van der Waals surface area contributed by atoms with Gasteiger partial charge in [0.05, 0.1) is 13.7 Å². The zero-order chi connectivity index (χ0) is 27.3. The van der Waals surface area contributed by atoms with E-state index in [4.69, 9.17) is 14.2 Å². The second-order valence-electron chi connectivity index (χ2n) is 9.47. The summed E-state index contributed by atoms with van der Waals surface area (Å²) in [7, 11) is 1.28. The molecule has 3 atom stereocenters. The van der Waals surface area contributed by atoms with Crippen LogP contribution in [0.3, 0.4) is 0 Å². The molecule has 0 bridgehead atoms. The number of hydrogen-bond donors (Lipinski definition) is 1. The lowest BCUT2D eigenvalue weighted by molar-refractivity contribution is -0.159. The zero-order valence-corrected chi connectivity index (χ0v) is 21.9. The summed E-state index contributed by atoms with van der Waals surface area (Å²) in [5.41, 5.74) is 0.560. The topological polar surface area (TPSA) is 77.4 Å². The van der Waals surface area contributed by atoms with E-state index in [1.54, 1.807) is 6.92 Å². The highest BCUT2D eigenvalue weighted by atomic mass is 16.5. The van der Waals surface area contributed by atoms with Crippen LogP contribution < -0.4 is 0 Å². The van der Waals surface area contributed by atoms with Crippen LogP contribution in [-0.2, 0) is 24.6 Å². The summed E-state index contributed by atoms with van der Waals surface area (Å²) in [5.74, 6) is -0.422. The summed E-state index contributed by atoms with van der Waals surface area (Å²) in [6.07, 6.45) is -2.17. The summed E-state index contributed by atoms with van der Waals surface area (Å²) in [4.78, 5) is 17.9. The van der Waals surface area contributed by atoms with E-state index in [1.165, 1.54) is 7.11 Å². The molecule has 39 heavy (non-hydrogen) atoms. The minimum Gasteiger partial charge on any atom is -0.471 e. The van der Waals surface area contributed by atoms with Crippen LogP contribution in [0.5, 0.6) is 0 Å². The Balaban J connectivity index is 1.59. The number of methoxy groups -OCH3 is 1. The third kappa shape index (κ3) is 4.73. The molecule has 4 aromatic carbocycles. The number of aliphatic hydroxyl groups is 1. The lowest BCUT2D eigenvalue weighted by Gasteiger charge is -2.38. The van der Waals surface area contributed by atoms with Crippen molar-refractivity contribution in [3.05, 3.63) is 144 Å². The number of benzene rings is 4. The SMILES string of the molecule is COC(=O)[C@@]1([C@@H](O)COC(c2ccccc2)(c2ccccc2)c2ccccc2)N=C(c2ccccc2)O[C@H]1C. The maximum absolute atomic E-state index is 13.3. The van der Waals surface area contributed by atoms with Gasteiger partial charge in [-0.05, 0) is 35.7 Å². The maximum atomic E-state index is 13.3. The van der Waals surface area contributed by atoms with Crippen LogP contribution in [0.2, 0.25) is 0 Å². The molecule has 0 fully saturated rings. The van der Waals surface area contributed by atoms with Crippen molar-refractivity contribution in [2.24, 2.45) is 4.99 Å². The lowest BCUT2D eigenvalue weighted by atomic mass is 9.79. The normalized spacial score (nSPS) is 19.6. The molecule has 0 aromatic heterocycles. The summed E-state index contributed by atoms with van der Waals surface area (Å²) in [6, 6.07) is 38.8. The van der Waals surface area contributed by atoms with Crippen molar-refractivity contribution in [1.29, 1.82) is 0 Å². The van der Waals surface area contributed by atoms with E-state index in [-0.39, 0.29) is 12.5 Å². The lowest BCUT2D eigenvalue weighted by Crippen LogP contribution is -2.57. The van der Waals surface area contributed by atoms with E-state index in [1.807, 2.05) is 121 Å². The minimum atomic E-state index is -1.71. The van der Waals surface area contributed by atoms with Crippen LogP contribution in [0.25, 0.3) is 0 Å². The van der Waals surface area contributed by atoms with E-state index in [0.717, 1.165) is 16.7 Å². The van der Waals surface area contributed by atoms with Crippen molar-refractivity contribution < 1.29 is 24.1 Å². The molecule has 4 aromatic rings. The summed E-state index contributed by atoms with van der Waals surface area (Å²) in [6.45, 7) is 1.48. The highest BCUT2D eigenvalue weighted by Crippen LogP contribution is 2.42. The number of esters is 1. The number of ether oxygens (including phenoxy) is 3. The van der Waals surface area contributed by atoms with E-state index < -0.39 is 29.3 Å². The number of rotatable bonds is 9. The quantitative estimate of drug-likeness (QED) is 0.244.